The van der Waals surface area contributed by atoms with Crippen molar-refractivity contribution in [3.05, 3.63) is 47.0 Å². The van der Waals surface area contributed by atoms with E-state index in [9.17, 15) is 14.4 Å². The molecule has 0 aromatic heterocycles. The summed E-state index contributed by atoms with van der Waals surface area (Å²) in [6, 6.07) is 7.66. The lowest BCUT2D eigenvalue weighted by atomic mass is 10.1. The Kier molecular flexibility index (Phi) is 5.64. The number of hydrogen-bond acceptors (Lipinski definition) is 7. The highest BCUT2D eigenvalue weighted by molar-refractivity contribution is 7.80. The molecular weight excluding hydrogens is 398 g/mol. The molecule has 0 atom stereocenters. The van der Waals surface area contributed by atoms with Crippen molar-refractivity contribution in [3.8, 4) is 17.2 Å². The number of rotatable bonds is 5. The largest absolute Gasteiger partial charge is 0.493 e. The van der Waals surface area contributed by atoms with E-state index in [1.165, 1.54) is 39.5 Å². The Morgan fingerprint density at radius 3 is 2.24 bits per heavy atom. The van der Waals surface area contributed by atoms with Gasteiger partial charge in [0.2, 0.25) is 5.75 Å². The molecule has 0 spiro atoms. The predicted octanol–water partition coefficient (Wildman–Crippen LogP) is 1.72. The highest BCUT2D eigenvalue weighted by atomic mass is 32.1. The molecule has 1 aliphatic heterocycles. The maximum Gasteiger partial charge on any atom is 0.261 e. The first-order chi connectivity index (χ1) is 13.9. The van der Waals surface area contributed by atoms with Gasteiger partial charge in [0, 0.05) is 5.56 Å². The molecular formula is C19H17N3O6S. The number of amides is 3. The summed E-state index contributed by atoms with van der Waals surface area (Å²) in [5.74, 6) is -0.579. The minimum absolute atomic E-state index is 0.0516. The number of carbonyl (C=O) groups excluding carboxylic acids is 3. The van der Waals surface area contributed by atoms with E-state index in [1.54, 1.807) is 12.1 Å². The third-order valence-corrected chi connectivity index (χ3v) is 4.37. The predicted molar refractivity (Wildman–Crippen MR) is 108 cm³/mol. The average Bonchev–Trinajstić information content (AvgIpc) is 3.01. The summed E-state index contributed by atoms with van der Waals surface area (Å²) in [5, 5.41) is 7.45. The van der Waals surface area contributed by atoms with Crippen LogP contribution < -0.4 is 30.2 Å². The molecule has 1 heterocycles. The second kappa shape index (κ2) is 8.15. The Labute approximate surface area is 171 Å². The van der Waals surface area contributed by atoms with Gasteiger partial charge >= 0.3 is 0 Å². The van der Waals surface area contributed by atoms with Gasteiger partial charge in [-0.25, -0.2) is 0 Å². The van der Waals surface area contributed by atoms with E-state index in [0.29, 0.717) is 22.9 Å². The minimum atomic E-state index is -0.535. The maximum absolute atomic E-state index is 12.6. The normalized spacial score (nSPS) is 12.0. The zero-order valence-electron chi connectivity index (χ0n) is 15.7. The quantitative estimate of drug-likeness (QED) is 0.500. The standard InChI is InChI=1S/C19H17N3O6S/c1-26-12-7-9(8-13(27-2)15(12)28-3)16(23)22-19(29)20-11-6-4-5-10-14(11)18(25)21-17(10)24/h4-8H,1-3H3,(H,21,24,25)(H2,20,22,23,29). The highest BCUT2D eigenvalue weighted by Gasteiger charge is 2.29. The number of ether oxygens (including phenoxy) is 3. The van der Waals surface area contributed by atoms with Crippen LogP contribution in [0.15, 0.2) is 30.3 Å². The molecule has 0 radical (unpaired) electrons. The number of nitrogens with one attached hydrogen (secondary N) is 3. The summed E-state index contributed by atoms with van der Waals surface area (Å²) in [6.07, 6.45) is 0. The van der Waals surface area contributed by atoms with Crippen molar-refractivity contribution in [1.82, 2.24) is 10.6 Å². The molecule has 0 fully saturated rings. The van der Waals surface area contributed by atoms with Gasteiger partial charge in [0.05, 0.1) is 38.1 Å². The Balaban J connectivity index is 1.80. The van der Waals surface area contributed by atoms with E-state index in [-0.39, 0.29) is 21.8 Å². The molecule has 0 aliphatic carbocycles. The molecule has 29 heavy (non-hydrogen) atoms. The molecule has 2 aromatic rings. The second-order valence-corrected chi connectivity index (χ2v) is 6.24. The minimum Gasteiger partial charge on any atom is -0.493 e. The molecule has 2 aromatic carbocycles. The molecule has 10 heteroatoms. The fourth-order valence-electron chi connectivity index (χ4n) is 2.86. The maximum atomic E-state index is 12.6. The smallest absolute Gasteiger partial charge is 0.261 e. The molecule has 0 unspecified atom stereocenters. The number of thiocarbonyl (C=S) groups is 1. The Hall–Kier alpha value is -3.66. The third kappa shape index (κ3) is 3.83. The van der Waals surface area contributed by atoms with Crippen LogP contribution in [-0.2, 0) is 0 Å². The molecule has 0 saturated carbocycles. The van der Waals surface area contributed by atoms with E-state index >= 15 is 0 Å². The SMILES string of the molecule is COc1cc(C(=O)NC(=S)Nc2cccc3c2C(=O)NC3=O)cc(OC)c1OC. The monoisotopic (exact) mass is 415 g/mol. The molecule has 9 nitrogen and oxygen atoms in total. The first-order valence-corrected chi connectivity index (χ1v) is 8.71. The fraction of sp³-hybridized carbons (Fsp3) is 0.158. The van der Waals surface area contributed by atoms with Crippen molar-refractivity contribution in [2.75, 3.05) is 26.6 Å². The fourth-order valence-corrected chi connectivity index (χ4v) is 3.07. The van der Waals surface area contributed by atoms with Gasteiger partial charge in [-0.2, -0.15) is 0 Å². The van der Waals surface area contributed by atoms with Crippen LogP contribution in [0.1, 0.15) is 31.1 Å². The molecule has 150 valence electrons. The molecule has 1 aliphatic rings. The van der Waals surface area contributed by atoms with Gasteiger partial charge in [0.1, 0.15) is 0 Å². The number of carbonyl (C=O) groups is 3. The van der Waals surface area contributed by atoms with Gasteiger partial charge in [0.15, 0.2) is 16.6 Å². The first-order valence-electron chi connectivity index (χ1n) is 8.30. The van der Waals surface area contributed by atoms with Crippen LogP contribution in [0.4, 0.5) is 5.69 Å². The van der Waals surface area contributed by atoms with Crippen LogP contribution in [0.25, 0.3) is 0 Å². The first kappa shape index (κ1) is 20.1. The van der Waals surface area contributed by atoms with E-state index < -0.39 is 17.7 Å². The third-order valence-electron chi connectivity index (χ3n) is 4.17. The number of anilines is 1. The van der Waals surface area contributed by atoms with Crippen LogP contribution in [0.2, 0.25) is 0 Å². The molecule has 3 amide bonds. The summed E-state index contributed by atoms with van der Waals surface area (Å²) in [5.41, 5.74) is 0.927. The Morgan fingerprint density at radius 1 is 1.00 bits per heavy atom. The van der Waals surface area contributed by atoms with E-state index in [4.69, 9.17) is 26.4 Å². The molecule has 0 bridgehead atoms. The summed E-state index contributed by atoms with van der Waals surface area (Å²) < 4.78 is 15.7. The Morgan fingerprint density at radius 2 is 1.66 bits per heavy atom. The number of hydrogen-bond donors (Lipinski definition) is 3. The van der Waals surface area contributed by atoms with Crippen molar-refractivity contribution in [3.63, 3.8) is 0 Å². The topological polar surface area (TPSA) is 115 Å². The van der Waals surface area contributed by atoms with Crippen molar-refractivity contribution >= 4 is 40.7 Å². The number of imide groups is 1. The molecule has 3 rings (SSSR count). The lowest BCUT2D eigenvalue weighted by molar-refractivity contribution is 0.0878. The Bertz CT molecular complexity index is 1010. The molecule has 3 N–H and O–H groups in total. The van der Waals surface area contributed by atoms with E-state index in [0.717, 1.165) is 0 Å². The van der Waals surface area contributed by atoms with Crippen LogP contribution in [0.3, 0.4) is 0 Å². The number of fused-ring (bicyclic) bond motifs is 1. The summed E-state index contributed by atoms with van der Waals surface area (Å²) in [7, 11) is 4.33. The van der Waals surface area contributed by atoms with Crippen LogP contribution in [-0.4, -0.2) is 44.2 Å². The van der Waals surface area contributed by atoms with Gasteiger partial charge < -0.3 is 19.5 Å². The van der Waals surface area contributed by atoms with Crippen molar-refractivity contribution in [2.24, 2.45) is 0 Å². The van der Waals surface area contributed by atoms with Crippen molar-refractivity contribution in [1.29, 1.82) is 0 Å². The van der Waals surface area contributed by atoms with Gasteiger partial charge in [-0.1, -0.05) is 6.07 Å². The lowest BCUT2D eigenvalue weighted by Crippen LogP contribution is -2.34. The van der Waals surface area contributed by atoms with E-state index in [2.05, 4.69) is 16.0 Å². The zero-order valence-corrected chi connectivity index (χ0v) is 16.6. The van der Waals surface area contributed by atoms with Crippen LogP contribution in [0.5, 0.6) is 17.2 Å². The lowest BCUT2D eigenvalue weighted by Gasteiger charge is -2.15. The van der Waals surface area contributed by atoms with Gasteiger partial charge in [-0.3, -0.25) is 25.0 Å². The summed E-state index contributed by atoms with van der Waals surface area (Å²) in [4.78, 5) is 36.3. The number of methoxy groups -OCH3 is 3. The van der Waals surface area contributed by atoms with Crippen molar-refractivity contribution < 1.29 is 28.6 Å². The van der Waals surface area contributed by atoms with Gasteiger partial charge in [0.25, 0.3) is 17.7 Å². The van der Waals surface area contributed by atoms with Crippen LogP contribution >= 0.6 is 12.2 Å². The summed E-state index contributed by atoms with van der Waals surface area (Å²) in [6.45, 7) is 0. The second-order valence-electron chi connectivity index (χ2n) is 5.83. The average molecular weight is 415 g/mol. The van der Waals surface area contributed by atoms with Crippen LogP contribution in [0, 0.1) is 0 Å². The highest BCUT2D eigenvalue weighted by Crippen LogP contribution is 2.38. The van der Waals surface area contributed by atoms with Gasteiger partial charge in [-0.15, -0.1) is 0 Å². The molecule has 0 saturated heterocycles. The van der Waals surface area contributed by atoms with Crippen molar-refractivity contribution in [2.45, 2.75) is 0 Å². The number of benzene rings is 2. The van der Waals surface area contributed by atoms with Gasteiger partial charge in [-0.05, 0) is 36.5 Å². The van der Waals surface area contributed by atoms with E-state index in [1.807, 2.05) is 0 Å². The zero-order chi connectivity index (χ0) is 21.1. The summed E-state index contributed by atoms with van der Waals surface area (Å²) >= 11 is 5.18.